The molecule has 2 amide bonds. The van der Waals surface area contributed by atoms with E-state index in [1.54, 1.807) is 19.2 Å². The number of hydrogen-bond donors (Lipinski definition) is 1. The van der Waals surface area contributed by atoms with Crippen LogP contribution < -0.4 is 10.1 Å². The number of fused-ring (bicyclic) bond motifs is 1. The van der Waals surface area contributed by atoms with Crippen molar-refractivity contribution in [2.24, 2.45) is 11.8 Å². The lowest BCUT2D eigenvalue weighted by molar-refractivity contribution is -0.147. The van der Waals surface area contributed by atoms with E-state index in [4.69, 9.17) is 9.47 Å². The molecule has 2 heterocycles. The maximum Gasteiger partial charge on any atom is 0.323 e. The molecule has 2 aliphatic heterocycles. The van der Waals surface area contributed by atoms with Crippen LogP contribution in [0.2, 0.25) is 0 Å². The lowest BCUT2D eigenvalue weighted by atomic mass is 9.86. The predicted molar refractivity (Wildman–Crippen MR) is 79.4 cm³/mol. The quantitative estimate of drug-likeness (QED) is 0.629. The van der Waals surface area contributed by atoms with Gasteiger partial charge in [-0.3, -0.25) is 24.6 Å². The average molecular weight is 318 g/mol. The first-order chi connectivity index (χ1) is 11.0. The molecule has 4 atom stereocenters. The summed E-state index contributed by atoms with van der Waals surface area (Å²) in [5, 5.41) is 3.10. The smallest absolute Gasteiger partial charge is 0.323 e. The summed E-state index contributed by atoms with van der Waals surface area (Å²) in [6.07, 6.45) is 0. The van der Waals surface area contributed by atoms with Crippen molar-refractivity contribution in [3.63, 3.8) is 0 Å². The number of carbonyl (C=O) groups excluding carboxylic acids is 3. The van der Waals surface area contributed by atoms with Crippen LogP contribution in [-0.4, -0.2) is 50.0 Å². The highest BCUT2D eigenvalue weighted by Gasteiger charge is 2.60. The molecule has 0 aromatic heterocycles. The summed E-state index contributed by atoms with van der Waals surface area (Å²) >= 11 is 0. The molecule has 1 aromatic carbocycles. The van der Waals surface area contributed by atoms with Gasteiger partial charge < -0.3 is 9.47 Å². The van der Waals surface area contributed by atoms with Gasteiger partial charge in [0.05, 0.1) is 26.1 Å². The minimum atomic E-state index is -0.821. The highest BCUT2D eigenvalue weighted by atomic mass is 16.5. The molecule has 0 spiro atoms. The average Bonchev–Trinajstić information content (AvgIpc) is 3.08. The third-order valence-corrected chi connectivity index (χ3v) is 4.63. The number of nitrogens with zero attached hydrogens (tertiary/aromatic N) is 1. The molecule has 2 aliphatic rings. The zero-order valence-electron chi connectivity index (χ0n) is 13.1. The summed E-state index contributed by atoms with van der Waals surface area (Å²) < 4.78 is 9.91. The molecule has 1 N–H and O–H groups in total. The topological polar surface area (TPSA) is 84.9 Å². The molecule has 3 rings (SSSR count). The van der Waals surface area contributed by atoms with E-state index in [-0.39, 0.29) is 11.8 Å². The Bertz CT molecular complexity index is 657. The number of carbonyl (C=O) groups is 3. The number of nitrogens with one attached hydrogen (secondary N) is 1. The zero-order chi connectivity index (χ0) is 16.7. The number of benzene rings is 1. The Kier molecular flexibility index (Phi) is 3.81. The maximum atomic E-state index is 12.4. The van der Waals surface area contributed by atoms with Crippen molar-refractivity contribution in [2.75, 3.05) is 21.3 Å². The second-order valence-electron chi connectivity index (χ2n) is 5.71. The van der Waals surface area contributed by atoms with E-state index in [1.807, 2.05) is 12.1 Å². The van der Waals surface area contributed by atoms with E-state index < -0.39 is 29.9 Å². The van der Waals surface area contributed by atoms with Crippen molar-refractivity contribution in [1.29, 1.82) is 0 Å². The minimum absolute atomic E-state index is 0.278. The van der Waals surface area contributed by atoms with Crippen LogP contribution >= 0.6 is 0 Å². The molecule has 7 nitrogen and oxygen atoms in total. The maximum absolute atomic E-state index is 12.4. The molecule has 0 unspecified atom stereocenters. The molecule has 1 aromatic rings. The van der Waals surface area contributed by atoms with Gasteiger partial charge in [-0.25, -0.2) is 0 Å². The van der Waals surface area contributed by atoms with Crippen LogP contribution in [0, 0.1) is 11.8 Å². The van der Waals surface area contributed by atoms with Crippen molar-refractivity contribution < 1.29 is 23.9 Å². The van der Waals surface area contributed by atoms with Gasteiger partial charge >= 0.3 is 5.97 Å². The van der Waals surface area contributed by atoms with Crippen LogP contribution in [0.15, 0.2) is 24.3 Å². The van der Waals surface area contributed by atoms with Gasteiger partial charge in [-0.05, 0) is 17.7 Å². The highest BCUT2D eigenvalue weighted by molar-refractivity contribution is 6.08. The molecule has 122 valence electrons. The number of ether oxygens (including phenoxy) is 2. The largest absolute Gasteiger partial charge is 0.497 e. The molecular formula is C16H18N2O5. The van der Waals surface area contributed by atoms with Gasteiger partial charge in [0.1, 0.15) is 11.8 Å². The summed E-state index contributed by atoms with van der Waals surface area (Å²) in [6.45, 7) is 0. The van der Waals surface area contributed by atoms with E-state index in [0.717, 1.165) is 10.5 Å². The first-order valence-electron chi connectivity index (χ1n) is 7.28. The fourth-order valence-electron chi connectivity index (χ4n) is 3.42. The van der Waals surface area contributed by atoms with Gasteiger partial charge in [-0.2, -0.15) is 0 Å². The van der Waals surface area contributed by atoms with Crippen LogP contribution in [0.4, 0.5) is 0 Å². The molecule has 7 heteroatoms. The Labute approximate surface area is 133 Å². The Morgan fingerprint density at radius 2 is 1.70 bits per heavy atom. The normalized spacial score (nSPS) is 29.6. The third kappa shape index (κ3) is 2.28. The van der Waals surface area contributed by atoms with E-state index >= 15 is 0 Å². The first kappa shape index (κ1) is 15.5. The monoisotopic (exact) mass is 318 g/mol. The summed E-state index contributed by atoms with van der Waals surface area (Å²) in [6, 6.07) is 5.97. The van der Waals surface area contributed by atoms with Gasteiger partial charge in [0.2, 0.25) is 11.8 Å². The lowest BCUT2D eigenvalue weighted by Crippen LogP contribution is -2.42. The lowest BCUT2D eigenvalue weighted by Gasteiger charge is -2.19. The summed E-state index contributed by atoms with van der Waals surface area (Å²) in [5.74, 6) is -1.80. The van der Waals surface area contributed by atoms with E-state index in [9.17, 15) is 14.4 Å². The van der Waals surface area contributed by atoms with Crippen LogP contribution in [0.5, 0.6) is 5.75 Å². The summed E-state index contributed by atoms with van der Waals surface area (Å²) in [7, 11) is 4.29. The zero-order valence-corrected chi connectivity index (χ0v) is 13.1. The molecule has 23 heavy (non-hydrogen) atoms. The van der Waals surface area contributed by atoms with Gasteiger partial charge in [-0.1, -0.05) is 12.1 Å². The van der Waals surface area contributed by atoms with Gasteiger partial charge in [0, 0.05) is 13.1 Å². The van der Waals surface area contributed by atoms with Gasteiger partial charge in [0.25, 0.3) is 0 Å². The van der Waals surface area contributed by atoms with Crippen LogP contribution in [0.1, 0.15) is 11.6 Å². The fourth-order valence-corrected chi connectivity index (χ4v) is 3.42. The number of amides is 2. The van der Waals surface area contributed by atoms with Crippen molar-refractivity contribution in [2.45, 2.75) is 12.1 Å². The Hall–Kier alpha value is -2.41. The molecule has 0 aliphatic carbocycles. The Morgan fingerprint density at radius 1 is 1.09 bits per heavy atom. The molecule has 0 saturated carbocycles. The Balaban J connectivity index is 1.98. The highest BCUT2D eigenvalue weighted by Crippen LogP contribution is 2.43. The number of imide groups is 1. The van der Waals surface area contributed by atoms with Crippen molar-refractivity contribution in [3.8, 4) is 5.75 Å². The SMILES string of the molecule is COC(=O)[C@H]1N[C@@H](c2ccc(OC)cc2)[C@@H]2C(=O)N(C)C(=O)[C@@H]21. The standard InChI is InChI=1S/C16H18N2O5/c1-18-14(19)10-11(15(18)20)13(16(21)23-3)17-12(10)8-4-6-9(22-2)7-5-8/h4-7,10-13,17H,1-3H3/t10-,11+,12+,13+/m1/s1. The number of rotatable bonds is 3. The molecule has 2 saturated heterocycles. The van der Waals surface area contributed by atoms with Crippen molar-refractivity contribution >= 4 is 17.8 Å². The predicted octanol–water partition coefficient (Wildman–Crippen LogP) is 0.112. The number of methoxy groups -OCH3 is 2. The third-order valence-electron chi connectivity index (χ3n) is 4.63. The Morgan fingerprint density at radius 3 is 2.26 bits per heavy atom. The molecular weight excluding hydrogens is 300 g/mol. The second kappa shape index (κ2) is 5.66. The van der Waals surface area contributed by atoms with Gasteiger partial charge in [-0.15, -0.1) is 0 Å². The fraction of sp³-hybridized carbons (Fsp3) is 0.438. The van der Waals surface area contributed by atoms with Crippen LogP contribution in [-0.2, 0) is 19.1 Å². The molecule has 0 radical (unpaired) electrons. The van der Waals surface area contributed by atoms with Crippen LogP contribution in [0.3, 0.4) is 0 Å². The number of hydrogen-bond acceptors (Lipinski definition) is 6. The van der Waals surface area contributed by atoms with Crippen molar-refractivity contribution in [1.82, 2.24) is 10.2 Å². The number of esters is 1. The van der Waals surface area contributed by atoms with E-state index in [0.29, 0.717) is 5.75 Å². The summed E-state index contributed by atoms with van der Waals surface area (Å²) in [4.78, 5) is 37.9. The van der Waals surface area contributed by atoms with E-state index in [1.165, 1.54) is 14.2 Å². The van der Waals surface area contributed by atoms with Crippen molar-refractivity contribution in [3.05, 3.63) is 29.8 Å². The second-order valence-corrected chi connectivity index (χ2v) is 5.71. The van der Waals surface area contributed by atoms with E-state index in [2.05, 4.69) is 5.32 Å². The minimum Gasteiger partial charge on any atom is -0.497 e. The molecule has 0 bridgehead atoms. The van der Waals surface area contributed by atoms with Crippen LogP contribution in [0.25, 0.3) is 0 Å². The summed E-state index contributed by atoms with van der Waals surface area (Å²) in [5.41, 5.74) is 0.823. The van der Waals surface area contributed by atoms with Gasteiger partial charge in [0.15, 0.2) is 0 Å². The number of likely N-dealkylation sites (tertiary alicyclic amines) is 1. The first-order valence-corrected chi connectivity index (χ1v) is 7.28. The molecule has 2 fully saturated rings.